The standard InChI is InChI=1S/C42H55N5O12/c1-39(2,3)55-34(50)31(59-47-32(48)28-16-13-14-17-29(28)33(47)49)25-54-27-20-18-26(19-21-27)30-24-45(23-15-22-43-36(51)56-40(4,5)6)35(44-30)46(37(52)57-41(7,8)9)38(53)58-42(10,11)12/h13-14,16-21,24,31H,15,22-23,25H2,1-12H3,(H,43,51)/t31-/m0/s1. The molecule has 17 heteroatoms. The van der Waals surface area contributed by atoms with Crippen LogP contribution in [-0.4, -0.2) is 92.3 Å². The molecule has 1 atom stereocenters. The molecule has 0 aliphatic carbocycles. The third kappa shape index (κ3) is 13.3. The number of aromatic nitrogens is 2. The summed E-state index contributed by atoms with van der Waals surface area (Å²) in [6.07, 6.45) is -2.14. The quantitative estimate of drug-likeness (QED) is 0.0820. The molecule has 3 aromatic rings. The van der Waals surface area contributed by atoms with E-state index in [1.165, 1.54) is 12.1 Å². The van der Waals surface area contributed by atoms with E-state index in [1.807, 2.05) is 0 Å². The van der Waals surface area contributed by atoms with Crippen molar-refractivity contribution in [3.05, 3.63) is 65.9 Å². The minimum Gasteiger partial charge on any atom is -0.490 e. The van der Waals surface area contributed by atoms with Gasteiger partial charge in [0.15, 0.2) is 0 Å². The summed E-state index contributed by atoms with van der Waals surface area (Å²) in [5.74, 6) is -2.11. The molecule has 17 nitrogen and oxygen atoms in total. The van der Waals surface area contributed by atoms with Crippen molar-refractivity contribution in [1.29, 1.82) is 0 Å². The Hall–Kier alpha value is -5.97. The first-order valence-electron chi connectivity index (χ1n) is 19.1. The van der Waals surface area contributed by atoms with Crippen LogP contribution in [0.4, 0.5) is 20.3 Å². The molecule has 0 unspecified atom stereocenters. The topological polar surface area (TPSA) is 194 Å². The Labute approximate surface area is 344 Å². The molecule has 320 valence electrons. The number of imidazole rings is 1. The van der Waals surface area contributed by atoms with Crippen LogP contribution in [0.1, 0.15) is 110 Å². The summed E-state index contributed by atoms with van der Waals surface area (Å²) in [6, 6.07) is 12.7. The predicted molar refractivity (Wildman–Crippen MR) is 215 cm³/mol. The summed E-state index contributed by atoms with van der Waals surface area (Å²) in [7, 11) is 0. The summed E-state index contributed by atoms with van der Waals surface area (Å²) in [5.41, 5.74) is -2.37. The van der Waals surface area contributed by atoms with Crippen molar-refractivity contribution in [2.45, 2.75) is 125 Å². The van der Waals surface area contributed by atoms with Crippen LogP contribution >= 0.6 is 0 Å². The van der Waals surface area contributed by atoms with Gasteiger partial charge in [0.1, 0.15) is 34.8 Å². The molecular weight excluding hydrogens is 766 g/mol. The van der Waals surface area contributed by atoms with E-state index in [2.05, 4.69) is 10.3 Å². The summed E-state index contributed by atoms with van der Waals surface area (Å²) in [6.45, 7) is 20.2. The lowest BCUT2D eigenvalue weighted by molar-refractivity contribution is -0.193. The number of benzene rings is 2. The lowest BCUT2D eigenvalue weighted by atomic mass is 10.1. The fourth-order valence-electron chi connectivity index (χ4n) is 5.29. The molecular formula is C42H55N5O12. The van der Waals surface area contributed by atoms with E-state index in [4.69, 9.17) is 28.5 Å². The number of esters is 1. The molecule has 2 heterocycles. The highest BCUT2D eigenvalue weighted by molar-refractivity contribution is 6.20. The number of nitrogens with zero attached hydrogens (tertiary/aromatic N) is 4. The summed E-state index contributed by atoms with van der Waals surface area (Å²) in [4.78, 5) is 89.8. The number of hydroxylamine groups is 2. The average molecular weight is 822 g/mol. The Balaban J connectivity index is 1.60. The Kier molecular flexibility index (Phi) is 13.9. The molecule has 1 aromatic heterocycles. The van der Waals surface area contributed by atoms with Crippen LogP contribution in [0.15, 0.2) is 54.7 Å². The first-order valence-corrected chi connectivity index (χ1v) is 19.1. The molecule has 59 heavy (non-hydrogen) atoms. The molecule has 4 rings (SSSR count). The fourth-order valence-corrected chi connectivity index (χ4v) is 5.29. The van der Waals surface area contributed by atoms with E-state index in [9.17, 15) is 28.8 Å². The minimum atomic E-state index is -1.51. The van der Waals surface area contributed by atoms with Crippen LogP contribution in [0.3, 0.4) is 0 Å². The number of aryl methyl sites for hydroxylation is 1. The maximum atomic E-state index is 13.6. The van der Waals surface area contributed by atoms with Crippen LogP contribution in [0, 0.1) is 0 Å². The largest absolute Gasteiger partial charge is 0.490 e. The van der Waals surface area contributed by atoms with Crippen molar-refractivity contribution in [1.82, 2.24) is 19.9 Å². The number of carbonyl (C=O) groups is 6. The molecule has 5 amide bonds. The Morgan fingerprint density at radius 1 is 0.712 bits per heavy atom. The van der Waals surface area contributed by atoms with Gasteiger partial charge >= 0.3 is 24.2 Å². The molecule has 0 spiro atoms. The molecule has 0 saturated carbocycles. The van der Waals surface area contributed by atoms with E-state index in [0.717, 1.165) is 4.90 Å². The highest BCUT2D eigenvalue weighted by Gasteiger charge is 2.41. The number of fused-ring (bicyclic) bond motifs is 1. The molecule has 0 fully saturated rings. The number of imide groups is 2. The van der Waals surface area contributed by atoms with Gasteiger partial charge in [-0.05, 0) is 126 Å². The molecule has 0 radical (unpaired) electrons. The van der Waals surface area contributed by atoms with Gasteiger partial charge < -0.3 is 33.6 Å². The van der Waals surface area contributed by atoms with Gasteiger partial charge in [-0.2, -0.15) is 0 Å². The van der Waals surface area contributed by atoms with E-state index in [-0.39, 0.29) is 35.9 Å². The zero-order valence-electron chi connectivity index (χ0n) is 35.8. The van der Waals surface area contributed by atoms with Crippen LogP contribution in [0.25, 0.3) is 11.3 Å². The molecule has 1 N–H and O–H groups in total. The van der Waals surface area contributed by atoms with E-state index in [0.29, 0.717) is 22.7 Å². The number of amides is 5. The fraction of sp³-hybridized carbons (Fsp3) is 0.500. The number of carbonyl (C=O) groups excluding carboxylic acids is 6. The van der Waals surface area contributed by atoms with Gasteiger partial charge in [0.25, 0.3) is 11.8 Å². The lowest BCUT2D eigenvalue weighted by Crippen LogP contribution is -2.45. The third-order valence-corrected chi connectivity index (χ3v) is 7.56. The zero-order valence-corrected chi connectivity index (χ0v) is 35.8. The monoisotopic (exact) mass is 821 g/mol. The van der Waals surface area contributed by atoms with Crippen LogP contribution in [0.5, 0.6) is 5.75 Å². The Bertz CT molecular complexity index is 1970. The van der Waals surface area contributed by atoms with Gasteiger partial charge in [0.2, 0.25) is 12.1 Å². The molecule has 0 saturated heterocycles. The normalized spacial score (nSPS) is 13.7. The SMILES string of the molecule is CC(C)(C)OC(=O)NCCCn1cc(-c2ccc(OC[C@H](ON3C(=O)c4ccccc4C3=O)C(=O)OC(C)(C)C)cc2)nc1N(C(=O)OC(C)(C)C)C(=O)OC(C)(C)C. The van der Waals surface area contributed by atoms with Gasteiger partial charge in [-0.1, -0.05) is 12.1 Å². The number of rotatable bonds is 12. The van der Waals surface area contributed by atoms with Gasteiger partial charge in [0, 0.05) is 24.8 Å². The van der Waals surface area contributed by atoms with Gasteiger partial charge in [-0.15, -0.1) is 9.96 Å². The zero-order chi connectivity index (χ0) is 44.1. The van der Waals surface area contributed by atoms with E-state index < -0.39 is 71.2 Å². The van der Waals surface area contributed by atoms with E-state index >= 15 is 0 Å². The summed E-state index contributed by atoms with van der Waals surface area (Å²) in [5, 5.41) is 3.23. The third-order valence-electron chi connectivity index (χ3n) is 7.56. The van der Waals surface area contributed by atoms with Crippen molar-refractivity contribution in [3.8, 4) is 17.0 Å². The number of hydrogen-bond donors (Lipinski definition) is 1. The van der Waals surface area contributed by atoms with Crippen molar-refractivity contribution in [3.63, 3.8) is 0 Å². The maximum absolute atomic E-state index is 13.6. The molecule has 0 bridgehead atoms. The summed E-state index contributed by atoms with van der Waals surface area (Å²) < 4.78 is 29.5. The number of nitrogens with one attached hydrogen (secondary N) is 1. The Morgan fingerprint density at radius 3 is 1.71 bits per heavy atom. The first kappa shape index (κ1) is 45.7. The lowest BCUT2D eigenvalue weighted by Gasteiger charge is -2.28. The highest BCUT2D eigenvalue weighted by Crippen LogP contribution is 2.29. The van der Waals surface area contributed by atoms with Gasteiger partial charge in [-0.3, -0.25) is 9.59 Å². The second kappa shape index (κ2) is 17.9. The number of ether oxygens (including phenoxy) is 5. The van der Waals surface area contributed by atoms with Gasteiger partial charge in [-0.25, -0.2) is 29.0 Å². The number of alkyl carbamates (subject to hydrolysis) is 1. The second-order valence-electron chi connectivity index (χ2n) is 17.6. The van der Waals surface area contributed by atoms with Crippen molar-refractivity contribution in [2.24, 2.45) is 0 Å². The van der Waals surface area contributed by atoms with Crippen LogP contribution < -0.4 is 15.0 Å². The molecule has 1 aliphatic heterocycles. The van der Waals surface area contributed by atoms with Crippen LogP contribution in [-0.2, 0) is 35.1 Å². The van der Waals surface area contributed by atoms with Crippen molar-refractivity contribution in [2.75, 3.05) is 18.1 Å². The highest BCUT2D eigenvalue weighted by atomic mass is 16.7. The smallest absolute Gasteiger partial charge is 0.427 e. The van der Waals surface area contributed by atoms with Crippen molar-refractivity contribution >= 4 is 42.0 Å². The minimum absolute atomic E-state index is 0.0911. The van der Waals surface area contributed by atoms with Crippen LogP contribution in [0.2, 0.25) is 0 Å². The maximum Gasteiger partial charge on any atom is 0.427 e. The second-order valence-corrected chi connectivity index (χ2v) is 17.6. The predicted octanol–water partition coefficient (Wildman–Crippen LogP) is 7.46. The number of anilines is 1. The average Bonchev–Trinajstić information content (AvgIpc) is 3.59. The first-order chi connectivity index (χ1) is 27.2. The Morgan fingerprint density at radius 2 is 1.22 bits per heavy atom. The molecule has 1 aliphatic rings. The van der Waals surface area contributed by atoms with Gasteiger partial charge in [0.05, 0.1) is 16.8 Å². The van der Waals surface area contributed by atoms with Crippen molar-refractivity contribution < 1.29 is 57.3 Å². The molecule has 2 aromatic carbocycles. The summed E-state index contributed by atoms with van der Waals surface area (Å²) >= 11 is 0. The number of hydrogen-bond acceptors (Lipinski definition) is 13. The van der Waals surface area contributed by atoms with E-state index in [1.54, 1.807) is 130 Å².